The number of nitrogens with zero attached hydrogens (tertiary/aromatic N) is 7. The number of aromatic amines is 1. The highest BCUT2D eigenvalue weighted by atomic mass is 16.2. The fraction of sp³-hybridized carbons (Fsp3) is 0.458. The molecule has 1 N–H and O–H groups in total. The zero-order valence-corrected chi connectivity index (χ0v) is 18.8. The van der Waals surface area contributed by atoms with Gasteiger partial charge in [0.05, 0.1) is 11.9 Å². The van der Waals surface area contributed by atoms with Gasteiger partial charge in [-0.05, 0) is 48.4 Å². The van der Waals surface area contributed by atoms with Crippen molar-refractivity contribution < 1.29 is 4.79 Å². The Morgan fingerprint density at radius 1 is 0.879 bits per heavy atom. The van der Waals surface area contributed by atoms with Crippen LogP contribution in [0.5, 0.6) is 0 Å². The standard InChI is InChI=1S/C24H28N8O/c1-30(22-6-4-17(10-25-22)16-2-3-16)23-7-5-18(11-26-23)20-14-32(15-20)24(33)31-9-8-19(13-31)21-12-27-29-28-21/h4-7,10-12,16,19-20H,2-3,8-9,13-15H2,1H3,(H,27,28,29)/t19-/m0/s1. The van der Waals surface area contributed by atoms with E-state index in [0.29, 0.717) is 17.8 Å². The van der Waals surface area contributed by atoms with Crippen molar-refractivity contribution in [2.75, 3.05) is 38.1 Å². The van der Waals surface area contributed by atoms with Gasteiger partial charge in [0.1, 0.15) is 11.6 Å². The summed E-state index contributed by atoms with van der Waals surface area (Å²) >= 11 is 0. The number of carbonyl (C=O) groups excluding carboxylic acids is 1. The van der Waals surface area contributed by atoms with E-state index < -0.39 is 0 Å². The van der Waals surface area contributed by atoms with Gasteiger partial charge in [-0.25, -0.2) is 14.8 Å². The van der Waals surface area contributed by atoms with Crippen LogP contribution in [0.4, 0.5) is 16.4 Å². The fourth-order valence-electron chi connectivity index (χ4n) is 4.85. The lowest BCUT2D eigenvalue weighted by Crippen LogP contribution is -2.53. The molecule has 170 valence electrons. The van der Waals surface area contributed by atoms with Gasteiger partial charge in [-0.3, -0.25) is 5.10 Å². The monoisotopic (exact) mass is 444 g/mol. The molecule has 6 rings (SSSR count). The van der Waals surface area contributed by atoms with Gasteiger partial charge >= 0.3 is 6.03 Å². The molecule has 0 unspecified atom stereocenters. The maximum Gasteiger partial charge on any atom is 0.320 e. The minimum absolute atomic E-state index is 0.131. The number of likely N-dealkylation sites (tertiary alicyclic amines) is 2. The van der Waals surface area contributed by atoms with Crippen LogP contribution in [0, 0.1) is 0 Å². The normalized spacial score (nSPS) is 20.7. The smallest absolute Gasteiger partial charge is 0.320 e. The van der Waals surface area contributed by atoms with Gasteiger partial charge in [-0.15, -0.1) is 5.10 Å². The second kappa shape index (κ2) is 8.13. The summed E-state index contributed by atoms with van der Waals surface area (Å²) in [5, 5.41) is 10.6. The van der Waals surface area contributed by atoms with Crippen LogP contribution in [0.3, 0.4) is 0 Å². The maximum absolute atomic E-state index is 12.9. The number of hydrogen-bond donors (Lipinski definition) is 1. The van der Waals surface area contributed by atoms with Crippen LogP contribution in [0.15, 0.2) is 42.9 Å². The van der Waals surface area contributed by atoms with E-state index in [1.165, 1.54) is 24.0 Å². The SMILES string of the molecule is CN(c1ccc(C2CC2)cn1)c1ccc(C2CN(C(=O)N3CC[C@H](c4cnn[nH]4)C3)C2)cn1. The van der Waals surface area contributed by atoms with Gasteiger partial charge in [0.2, 0.25) is 0 Å². The van der Waals surface area contributed by atoms with Crippen molar-refractivity contribution in [3.05, 3.63) is 59.7 Å². The van der Waals surface area contributed by atoms with E-state index >= 15 is 0 Å². The third kappa shape index (κ3) is 3.92. The molecule has 3 aliphatic rings. The van der Waals surface area contributed by atoms with Crippen LogP contribution in [0.2, 0.25) is 0 Å². The molecule has 0 radical (unpaired) electrons. The van der Waals surface area contributed by atoms with E-state index in [1.807, 2.05) is 40.2 Å². The fourth-order valence-corrected chi connectivity index (χ4v) is 4.85. The van der Waals surface area contributed by atoms with Gasteiger partial charge in [-0.1, -0.05) is 17.3 Å². The van der Waals surface area contributed by atoms with Gasteiger partial charge in [0, 0.05) is 57.5 Å². The van der Waals surface area contributed by atoms with E-state index in [1.54, 1.807) is 6.20 Å². The maximum atomic E-state index is 12.9. The molecular formula is C24H28N8O. The molecule has 0 aromatic carbocycles. The Morgan fingerprint density at radius 2 is 1.55 bits per heavy atom. The molecular weight excluding hydrogens is 416 g/mol. The highest BCUT2D eigenvalue weighted by Crippen LogP contribution is 2.40. The average molecular weight is 445 g/mol. The van der Waals surface area contributed by atoms with Crippen molar-refractivity contribution in [3.8, 4) is 0 Å². The summed E-state index contributed by atoms with van der Waals surface area (Å²) in [5.41, 5.74) is 3.52. The number of nitrogens with one attached hydrogen (secondary N) is 1. The Bertz CT molecular complexity index is 1100. The number of aromatic nitrogens is 5. The first-order valence-electron chi connectivity index (χ1n) is 11.7. The Balaban J connectivity index is 1.03. The van der Waals surface area contributed by atoms with Crippen molar-refractivity contribution in [2.45, 2.75) is 37.0 Å². The summed E-state index contributed by atoms with van der Waals surface area (Å²) in [6, 6.07) is 8.55. The number of carbonyl (C=O) groups is 1. The molecule has 1 aliphatic carbocycles. The van der Waals surface area contributed by atoms with Crippen molar-refractivity contribution >= 4 is 17.7 Å². The minimum atomic E-state index is 0.131. The molecule has 3 aromatic heterocycles. The number of H-pyrrole nitrogens is 1. The first kappa shape index (κ1) is 20.1. The summed E-state index contributed by atoms with van der Waals surface area (Å²) in [4.78, 5) is 28.0. The van der Waals surface area contributed by atoms with Crippen LogP contribution in [0.1, 0.15) is 53.8 Å². The lowest BCUT2D eigenvalue weighted by atomic mass is 9.93. The number of urea groups is 1. The number of hydrogen-bond acceptors (Lipinski definition) is 6. The molecule has 9 heteroatoms. The molecule has 1 saturated carbocycles. The third-order valence-corrected chi connectivity index (χ3v) is 7.23. The predicted octanol–water partition coefficient (Wildman–Crippen LogP) is 3.25. The van der Waals surface area contributed by atoms with Crippen molar-refractivity contribution in [1.29, 1.82) is 0 Å². The summed E-state index contributed by atoms with van der Waals surface area (Å²) in [5.74, 6) is 3.12. The van der Waals surface area contributed by atoms with Crippen LogP contribution < -0.4 is 4.90 Å². The number of amides is 2. The highest BCUT2D eigenvalue weighted by Gasteiger charge is 2.37. The van der Waals surface area contributed by atoms with Gasteiger partial charge < -0.3 is 14.7 Å². The molecule has 33 heavy (non-hydrogen) atoms. The van der Waals surface area contributed by atoms with Crippen molar-refractivity contribution in [3.63, 3.8) is 0 Å². The molecule has 2 saturated heterocycles. The van der Waals surface area contributed by atoms with E-state index in [4.69, 9.17) is 0 Å². The molecule has 0 spiro atoms. The summed E-state index contributed by atoms with van der Waals surface area (Å²) in [7, 11) is 1.99. The predicted molar refractivity (Wildman–Crippen MR) is 124 cm³/mol. The molecule has 5 heterocycles. The van der Waals surface area contributed by atoms with Crippen LogP contribution in [-0.4, -0.2) is 74.4 Å². The zero-order chi connectivity index (χ0) is 22.4. The number of anilines is 2. The lowest BCUT2D eigenvalue weighted by molar-refractivity contribution is 0.121. The van der Waals surface area contributed by atoms with Gasteiger partial charge in [0.25, 0.3) is 0 Å². The quantitative estimate of drug-likeness (QED) is 0.649. The Morgan fingerprint density at radius 3 is 2.12 bits per heavy atom. The number of rotatable bonds is 5. The summed E-state index contributed by atoms with van der Waals surface area (Å²) in [6.45, 7) is 2.99. The van der Waals surface area contributed by atoms with Gasteiger partial charge in [-0.2, -0.15) is 0 Å². The van der Waals surface area contributed by atoms with E-state index in [0.717, 1.165) is 49.9 Å². The molecule has 3 aromatic rings. The van der Waals surface area contributed by atoms with E-state index in [-0.39, 0.29) is 6.03 Å². The molecule has 1 atom stereocenters. The van der Waals surface area contributed by atoms with E-state index in [2.05, 4.69) is 43.6 Å². The minimum Gasteiger partial charge on any atom is -0.324 e. The topological polar surface area (TPSA) is 94.1 Å². The van der Waals surface area contributed by atoms with Crippen LogP contribution in [0.25, 0.3) is 0 Å². The van der Waals surface area contributed by atoms with Gasteiger partial charge in [0.15, 0.2) is 0 Å². The Labute approximate surface area is 192 Å². The van der Waals surface area contributed by atoms with Crippen LogP contribution in [-0.2, 0) is 0 Å². The zero-order valence-electron chi connectivity index (χ0n) is 18.8. The lowest BCUT2D eigenvalue weighted by Gasteiger charge is -2.41. The Hall–Kier alpha value is -3.49. The van der Waals surface area contributed by atoms with Crippen molar-refractivity contribution in [1.82, 2.24) is 35.2 Å². The molecule has 2 aliphatic heterocycles. The van der Waals surface area contributed by atoms with E-state index in [9.17, 15) is 4.79 Å². The summed E-state index contributed by atoms with van der Waals surface area (Å²) < 4.78 is 0. The van der Waals surface area contributed by atoms with Crippen molar-refractivity contribution in [2.24, 2.45) is 0 Å². The average Bonchev–Trinajstić information content (AvgIpc) is 3.30. The first-order valence-corrected chi connectivity index (χ1v) is 11.7. The molecule has 0 bridgehead atoms. The molecule has 9 nitrogen and oxygen atoms in total. The molecule has 2 amide bonds. The largest absolute Gasteiger partial charge is 0.324 e. The molecule has 3 fully saturated rings. The number of pyridine rings is 2. The first-order chi connectivity index (χ1) is 16.2. The highest BCUT2D eigenvalue weighted by molar-refractivity contribution is 5.76. The second-order valence-corrected chi connectivity index (χ2v) is 9.46. The third-order valence-electron chi connectivity index (χ3n) is 7.23. The Kier molecular flexibility index (Phi) is 4.96. The summed E-state index contributed by atoms with van der Waals surface area (Å²) in [6.07, 6.45) is 9.20. The van der Waals surface area contributed by atoms with Crippen LogP contribution >= 0.6 is 0 Å². The second-order valence-electron chi connectivity index (χ2n) is 9.46.